The molecule has 1 unspecified atom stereocenters. The summed E-state index contributed by atoms with van der Waals surface area (Å²) in [5, 5.41) is 22.5. The van der Waals surface area contributed by atoms with Gasteiger partial charge in [0, 0.05) is 19.2 Å². The van der Waals surface area contributed by atoms with Crippen molar-refractivity contribution in [1.82, 2.24) is 0 Å². The van der Waals surface area contributed by atoms with E-state index in [-0.39, 0.29) is 23.0 Å². The summed E-state index contributed by atoms with van der Waals surface area (Å²) in [6.45, 7) is 1.13. The van der Waals surface area contributed by atoms with E-state index in [2.05, 4.69) is 5.32 Å². The van der Waals surface area contributed by atoms with Gasteiger partial charge in [-0.2, -0.15) is 0 Å². The minimum Gasteiger partial charge on any atom is -0.478 e. The average molecular weight is 252 g/mol. The van der Waals surface area contributed by atoms with Gasteiger partial charge in [-0.25, -0.2) is 4.79 Å². The van der Waals surface area contributed by atoms with Crippen molar-refractivity contribution in [2.24, 2.45) is 0 Å². The molecule has 1 fully saturated rings. The second-order valence-electron chi connectivity index (χ2n) is 3.96. The van der Waals surface area contributed by atoms with E-state index in [0.717, 1.165) is 6.42 Å². The highest BCUT2D eigenvalue weighted by Crippen LogP contribution is 2.26. The van der Waals surface area contributed by atoms with E-state index >= 15 is 0 Å². The smallest absolute Gasteiger partial charge is 0.335 e. The Kier molecular flexibility index (Phi) is 3.42. The van der Waals surface area contributed by atoms with Crippen molar-refractivity contribution in [2.75, 3.05) is 18.5 Å². The van der Waals surface area contributed by atoms with Crippen LogP contribution in [0.3, 0.4) is 0 Å². The topological polar surface area (TPSA) is 102 Å². The van der Waals surface area contributed by atoms with E-state index in [0.29, 0.717) is 13.2 Å². The number of nitro benzene ring substituents is 1. The highest BCUT2D eigenvalue weighted by atomic mass is 16.6. The Hall–Kier alpha value is -2.15. The zero-order valence-electron chi connectivity index (χ0n) is 9.46. The fraction of sp³-hybridized carbons (Fsp3) is 0.364. The molecule has 1 aliphatic heterocycles. The van der Waals surface area contributed by atoms with Crippen molar-refractivity contribution in [3.8, 4) is 0 Å². The van der Waals surface area contributed by atoms with Crippen molar-refractivity contribution < 1.29 is 19.6 Å². The van der Waals surface area contributed by atoms with Crippen molar-refractivity contribution in [1.29, 1.82) is 0 Å². The van der Waals surface area contributed by atoms with Crippen LogP contribution in [0.2, 0.25) is 0 Å². The number of nitrogens with one attached hydrogen (secondary N) is 1. The van der Waals surface area contributed by atoms with Gasteiger partial charge in [0.15, 0.2) is 0 Å². The van der Waals surface area contributed by atoms with Crippen LogP contribution in [-0.2, 0) is 4.74 Å². The van der Waals surface area contributed by atoms with Crippen LogP contribution in [0.1, 0.15) is 16.8 Å². The Morgan fingerprint density at radius 1 is 1.61 bits per heavy atom. The van der Waals surface area contributed by atoms with Crippen LogP contribution in [0.5, 0.6) is 0 Å². The van der Waals surface area contributed by atoms with E-state index < -0.39 is 10.9 Å². The van der Waals surface area contributed by atoms with Gasteiger partial charge >= 0.3 is 5.97 Å². The van der Waals surface area contributed by atoms with Crippen LogP contribution < -0.4 is 5.32 Å². The maximum Gasteiger partial charge on any atom is 0.335 e. The molecule has 7 heteroatoms. The van der Waals surface area contributed by atoms with Crippen LogP contribution in [0.15, 0.2) is 18.2 Å². The molecular weight excluding hydrogens is 240 g/mol. The molecule has 1 aromatic rings. The predicted octanol–water partition coefficient (Wildman–Crippen LogP) is 1.49. The van der Waals surface area contributed by atoms with Crippen LogP contribution in [-0.4, -0.2) is 35.3 Å². The standard InChI is InChI=1S/C11H12N2O5/c14-11(15)7-1-2-10(13(16)17)9(5-7)12-6-8-3-4-18-8/h1-2,5,8,12H,3-4,6H2,(H,14,15). The largest absolute Gasteiger partial charge is 0.478 e. The lowest BCUT2D eigenvalue weighted by Gasteiger charge is -2.26. The highest BCUT2D eigenvalue weighted by molar-refractivity contribution is 5.90. The van der Waals surface area contributed by atoms with Gasteiger partial charge in [0.25, 0.3) is 5.69 Å². The lowest BCUT2D eigenvalue weighted by Crippen LogP contribution is -2.33. The molecule has 0 aromatic heterocycles. The number of anilines is 1. The summed E-state index contributed by atoms with van der Waals surface area (Å²) < 4.78 is 5.18. The molecule has 0 aliphatic carbocycles. The van der Waals surface area contributed by atoms with E-state index in [1.54, 1.807) is 0 Å². The number of nitro groups is 1. The number of hydrogen-bond acceptors (Lipinski definition) is 5. The van der Waals surface area contributed by atoms with Gasteiger partial charge < -0.3 is 15.2 Å². The van der Waals surface area contributed by atoms with E-state index in [9.17, 15) is 14.9 Å². The van der Waals surface area contributed by atoms with Crippen LogP contribution in [0.25, 0.3) is 0 Å². The van der Waals surface area contributed by atoms with Gasteiger partial charge in [0.1, 0.15) is 5.69 Å². The number of aromatic carboxylic acids is 1. The Morgan fingerprint density at radius 2 is 2.33 bits per heavy atom. The lowest BCUT2D eigenvalue weighted by atomic mass is 10.1. The van der Waals surface area contributed by atoms with Gasteiger partial charge in [-0.05, 0) is 18.6 Å². The first-order valence-electron chi connectivity index (χ1n) is 5.45. The third kappa shape index (κ3) is 2.57. The van der Waals surface area contributed by atoms with E-state index in [4.69, 9.17) is 9.84 Å². The average Bonchev–Trinajstić information content (AvgIpc) is 2.26. The number of rotatable bonds is 5. The van der Waals surface area contributed by atoms with Crippen molar-refractivity contribution in [3.05, 3.63) is 33.9 Å². The minimum absolute atomic E-state index is 0.0117. The number of benzene rings is 1. The molecule has 0 amide bonds. The maximum atomic E-state index is 10.8. The SMILES string of the molecule is O=C(O)c1ccc([N+](=O)[O-])c(NCC2CCO2)c1. The van der Waals surface area contributed by atoms with Gasteiger partial charge in [-0.15, -0.1) is 0 Å². The predicted molar refractivity (Wildman–Crippen MR) is 62.9 cm³/mol. The molecule has 0 saturated carbocycles. The Morgan fingerprint density at radius 3 is 2.83 bits per heavy atom. The second kappa shape index (κ2) is 5.01. The summed E-state index contributed by atoms with van der Waals surface area (Å²) in [7, 11) is 0. The summed E-state index contributed by atoms with van der Waals surface area (Å²) in [6.07, 6.45) is 0.942. The van der Waals surface area contributed by atoms with E-state index in [1.807, 2.05) is 0 Å². The highest BCUT2D eigenvalue weighted by Gasteiger charge is 2.21. The van der Waals surface area contributed by atoms with Crippen molar-refractivity contribution >= 4 is 17.3 Å². The van der Waals surface area contributed by atoms with Gasteiger partial charge in [-0.3, -0.25) is 10.1 Å². The fourth-order valence-corrected chi connectivity index (χ4v) is 1.64. The second-order valence-corrected chi connectivity index (χ2v) is 3.96. The number of ether oxygens (including phenoxy) is 1. The first kappa shape index (κ1) is 12.3. The number of carboxylic acids is 1. The number of nitrogens with zero attached hydrogens (tertiary/aromatic N) is 1. The molecule has 0 bridgehead atoms. The number of carboxylic acid groups (broad SMARTS) is 1. The maximum absolute atomic E-state index is 10.8. The molecule has 1 saturated heterocycles. The van der Waals surface area contributed by atoms with Gasteiger partial charge in [0.2, 0.25) is 0 Å². The molecule has 2 rings (SSSR count). The van der Waals surface area contributed by atoms with Crippen LogP contribution in [0.4, 0.5) is 11.4 Å². The summed E-state index contributed by atoms with van der Waals surface area (Å²) >= 11 is 0. The number of hydrogen-bond donors (Lipinski definition) is 2. The molecule has 0 radical (unpaired) electrons. The summed E-state index contributed by atoms with van der Waals surface area (Å²) in [5.41, 5.74) is 0.0763. The third-order valence-corrected chi connectivity index (χ3v) is 2.75. The van der Waals surface area contributed by atoms with Crippen LogP contribution >= 0.6 is 0 Å². The monoisotopic (exact) mass is 252 g/mol. The minimum atomic E-state index is -1.12. The van der Waals surface area contributed by atoms with E-state index in [1.165, 1.54) is 18.2 Å². The number of carbonyl (C=O) groups is 1. The molecule has 18 heavy (non-hydrogen) atoms. The first-order valence-corrected chi connectivity index (χ1v) is 5.45. The Balaban J connectivity index is 2.19. The van der Waals surface area contributed by atoms with Crippen molar-refractivity contribution in [2.45, 2.75) is 12.5 Å². The molecule has 96 valence electrons. The lowest BCUT2D eigenvalue weighted by molar-refractivity contribution is -0.384. The summed E-state index contributed by atoms with van der Waals surface area (Å²) in [4.78, 5) is 21.1. The van der Waals surface area contributed by atoms with Gasteiger partial charge in [0.05, 0.1) is 16.6 Å². The van der Waals surface area contributed by atoms with Crippen LogP contribution in [0, 0.1) is 10.1 Å². The molecule has 2 N–H and O–H groups in total. The first-order chi connectivity index (χ1) is 8.58. The Labute approximate surface area is 103 Å². The fourth-order valence-electron chi connectivity index (χ4n) is 1.64. The zero-order chi connectivity index (χ0) is 13.1. The molecule has 1 heterocycles. The molecular formula is C11H12N2O5. The molecule has 1 atom stereocenters. The van der Waals surface area contributed by atoms with Gasteiger partial charge in [-0.1, -0.05) is 0 Å². The molecule has 1 aromatic carbocycles. The summed E-state index contributed by atoms with van der Waals surface area (Å²) in [5.74, 6) is -1.12. The molecule has 1 aliphatic rings. The Bertz CT molecular complexity index is 484. The third-order valence-electron chi connectivity index (χ3n) is 2.75. The van der Waals surface area contributed by atoms with Crippen molar-refractivity contribution in [3.63, 3.8) is 0 Å². The molecule has 0 spiro atoms. The quantitative estimate of drug-likeness (QED) is 0.608. The molecule has 7 nitrogen and oxygen atoms in total. The zero-order valence-corrected chi connectivity index (χ0v) is 9.46. The summed E-state index contributed by atoms with van der Waals surface area (Å²) in [6, 6.07) is 3.66. The normalized spacial score (nSPS) is 17.9.